The Kier molecular flexibility index (Phi) is 4.74. The fourth-order valence-corrected chi connectivity index (χ4v) is 8.88. The summed E-state index contributed by atoms with van der Waals surface area (Å²) < 4.78 is 7.27. The van der Waals surface area contributed by atoms with Crippen molar-refractivity contribution in [3.63, 3.8) is 0 Å². The number of aliphatic hydroxyl groups is 2. The molecule has 8 atom stereocenters. The molecule has 0 unspecified atom stereocenters. The van der Waals surface area contributed by atoms with Crippen molar-refractivity contribution in [1.82, 2.24) is 10.3 Å². The van der Waals surface area contributed by atoms with Crippen molar-refractivity contribution in [2.24, 2.45) is 17.3 Å². The molecule has 1 saturated heterocycles. The Morgan fingerprint density at radius 2 is 2.03 bits per heavy atom. The van der Waals surface area contributed by atoms with Crippen LogP contribution in [0.15, 0.2) is 60.0 Å². The zero-order valence-electron chi connectivity index (χ0n) is 20.7. The number of pyridine rings is 1. The van der Waals surface area contributed by atoms with Crippen LogP contribution in [0.4, 0.5) is 0 Å². The molecule has 3 heterocycles. The Bertz CT molecular complexity index is 1260. The summed E-state index contributed by atoms with van der Waals surface area (Å²) in [5, 5.41) is 27.6. The SMILES string of the molecule is CNC[C@H]1C[C@@]23CC[C@@]4(O2)C(=CC[C@]2(C)[C@@H](c5ccc6cnccc6c5)CC[C@H]24)C=C3[C@@H](O)[C@@H]1O. The predicted octanol–water partition coefficient (Wildman–Crippen LogP) is 4.25. The molecule has 2 bridgehead atoms. The van der Waals surface area contributed by atoms with E-state index < -0.39 is 17.8 Å². The minimum absolute atomic E-state index is 0.00813. The maximum absolute atomic E-state index is 11.1. The molecule has 35 heavy (non-hydrogen) atoms. The minimum Gasteiger partial charge on any atom is -0.390 e. The lowest BCUT2D eigenvalue weighted by Crippen LogP contribution is -2.59. The fraction of sp³-hybridized carbons (Fsp3) is 0.567. The maximum atomic E-state index is 11.1. The van der Waals surface area contributed by atoms with Gasteiger partial charge >= 0.3 is 0 Å². The lowest BCUT2D eigenvalue weighted by Gasteiger charge is -2.55. The summed E-state index contributed by atoms with van der Waals surface area (Å²) in [5.74, 6) is 0.946. The van der Waals surface area contributed by atoms with E-state index in [1.165, 1.54) is 28.3 Å². The van der Waals surface area contributed by atoms with Gasteiger partial charge in [0, 0.05) is 30.2 Å². The van der Waals surface area contributed by atoms with Crippen molar-refractivity contribution in [3.8, 4) is 0 Å². The van der Waals surface area contributed by atoms with E-state index in [9.17, 15) is 10.2 Å². The number of aromatic nitrogens is 1. The first-order valence-corrected chi connectivity index (χ1v) is 13.4. The summed E-state index contributed by atoms with van der Waals surface area (Å²) in [6.07, 6.45) is 12.9. The highest BCUT2D eigenvalue weighted by Crippen LogP contribution is 2.69. The standard InChI is InChI=1S/C30H36N2O3/c1-28-9-7-22-14-24-27(34)26(33)21(16-31-2)15-29(24)10-11-30(22,35-29)25(28)6-5-23(28)19-3-4-20-17-32-12-8-18(20)13-19/h3-4,7-8,12-14,17,21,23,25-27,31,33-34H,5-6,9-11,15-16H2,1-2H3/t21-,23-,25-,26-,27-,28-,29-,30-/m1/s1. The third-order valence-electron chi connectivity index (χ3n) is 10.5. The quantitative estimate of drug-likeness (QED) is 0.623. The normalized spacial score (nSPS) is 43.8. The van der Waals surface area contributed by atoms with Crippen LogP contribution in [0.1, 0.15) is 56.9 Å². The largest absolute Gasteiger partial charge is 0.390 e. The second kappa shape index (κ2) is 7.48. The first kappa shape index (κ1) is 22.2. The van der Waals surface area contributed by atoms with E-state index in [1.807, 2.05) is 19.4 Å². The molecule has 1 aromatic carbocycles. The number of nitrogens with one attached hydrogen (secondary N) is 1. The smallest absolute Gasteiger partial charge is 0.104 e. The van der Waals surface area contributed by atoms with Crippen molar-refractivity contribution in [1.29, 1.82) is 0 Å². The Morgan fingerprint density at radius 3 is 2.89 bits per heavy atom. The van der Waals surface area contributed by atoms with Gasteiger partial charge in [0.05, 0.1) is 17.3 Å². The average molecular weight is 473 g/mol. The first-order chi connectivity index (χ1) is 16.9. The van der Waals surface area contributed by atoms with Gasteiger partial charge in [-0.05, 0) is 91.0 Å². The molecule has 2 saturated carbocycles. The molecule has 2 aromatic rings. The molecule has 0 radical (unpaired) electrons. The highest BCUT2D eigenvalue weighted by atomic mass is 16.5. The number of ether oxygens (including phenoxy) is 1. The maximum Gasteiger partial charge on any atom is 0.104 e. The summed E-state index contributed by atoms with van der Waals surface area (Å²) in [7, 11) is 1.91. The number of fused-ring (bicyclic) bond motifs is 2. The molecule has 5 nitrogen and oxygen atoms in total. The lowest BCUT2D eigenvalue weighted by molar-refractivity contribution is -0.163. The fourth-order valence-electron chi connectivity index (χ4n) is 8.88. The van der Waals surface area contributed by atoms with E-state index in [1.54, 1.807) is 0 Å². The zero-order valence-corrected chi connectivity index (χ0v) is 20.7. The highest BCUT2D eigenvalue weighted by molar-refractivity contribution is 5.82. The van der Waals surface area contributed by atoms with Crippen LogP contribution >= 0.6 is 0 Å². The number of allylic oxidation sites excluding steroid dienone is 1. The van der Waals surface area contributed by atoms with Crippen molar-refractivity contribution < 1.29 is 14.9 Å². The van der Waals surface area contributed by atoms with Gasteiger partial charge in [-0.2, -0.15) is 0 Å². The van der Waals surface area contributed by atoms with Gasteiger partial charge in [-0.15, -0.1) is 0 Å². The number of aliphatic hydroxyl groups excluding tert-OH is 2. The third-order valence-corrected chi connectivity index (χ3v) is 10.5. The Morgan fingerprint density at radius 1 is 1.14 bits per heavy atom. The van der Waals surface area contributed by atoms with Crippen LogP contribution < -0.4 is 5.32 Å². The van der Waals surface area contributed by atoms with Crippen LogP contribution in [0, 0.1) is 17.3 Å². The van der Waals surface area contributed by atoms with Gasteiger partial charge in [-0.25, -0.2) is 0 Å². The number of nitrogens with zero attached hydrogens (tertiary/aromatic N) is 1. The first-order valence-electron chi connectivity index (χ1n) is 13.4. The van der Waals surface area contributed by atoms with E-state index in [4.69, 9.17) is 4.74 Å². The van der Waals surface area contributed by atoms with Crippen LogP contribution in [0.25, 0.3) is 10.8 Å². The Hall–Kier alpha value is -2.05. The minimum atomic E-state index is -0.851. The molecule has 3 aliphatic carbocycles. The average Bonchev–Trinajstić information content (AvgIpc) is 3.38. The third kappa shape index (κ3) is 2.87. The van der Waals surface area contributed by atoms with Gasteiger partial charge < -0.3 is 20.3 Å². The van der Waals surface area contributed by atoms with Gasteiger partial charge in [0.2, 0.25) is 0 Å². The van der Waals surface area contributed by atoms with Gasteiger partial charge in [0.25, 0.3) is 0 Å². The lowest BCUT2D eigenvalue weighted by atomic mass is 9.58. The van der Waals surface area contributed by atoms with Gasteiger partial charge in [0.1, 0.15) is 6.10 Å². The zero-order chi connectivity index (χ0) is 24.0. The molecule has 3 fully saturated rings. The summed E-state index contributed by atoms with van der Waals surface area (Å²) in [6.45, 7) is 3.18. The molecule has 2 spiro atoms. The number of benzene rings is 1. The molecular weight excluding hydrogens is 436 g/mol. The molecule has 0 amide bonds. The van der Waals surface area contributed by atoms with Gasteiger partial charge in [-0.3, -0.25) is 4.98 Å². The molecule has 5 aliphatic rings. The Balaban J connectivity index is 1.28. The van der Waals surface area contributed by atoms with Crippen molar-refractivity contribution in [3.05, 3.63) is 65.5 Å². The molecule has 2 aliphatic heterocycles. The van der Waals surface area contributed by atoms with Crippen LogP contribution in [-0.4, -0.2) is 52.2 Å². The summed E-state index contributed by atoms with van der Waals surface area (Å²) in [5.41, 5.74) is 3.04. The van der Waals surface area contributed by atoms with Crippen molar-refractivity contribution >= 4 is 10.8 Å². The van der Waals surface area contributed by atoms with E-state index in [-0.39, 0.29) is 16.9 Å². The van der Waals surface area contributed by atoms with E-state index in [0.29, 0.717) is 18.4 Å². The predicted molar refractivity (Wildman–Crippen MR) is 136 cm³/mol. The van der Waals surface area contributed by atoms with E-state index in [2.05, 4.69) is 53.6 Å². The van der Waals surface area contributed by atoms with E-state index in [0.717, 1.165) is 37.7 Å². The molecule has 5 heteroatoms. The summed E-state index contributed by atoms with van der Waals surface area (Å²) in [4.78, 5) is 4.28. The second-order valence-corrected chi connectivity index (χ2v) is 12.1. The van der Waals surface area contributed by atoms with Crippen LogP contribution in [-0.2, 0) is 4.74 Å². The molecule has 7 rings (SSSR count). The molecule has 3 N–H and O–H groups in total. The van der Waals surface area contributed by atoms with Crippen LogP contribution in [0.3, 0.4) is 0 Å². The summed E-state index contributed by atoms with van der Waals surface area (Å²) >= 11 is 0. The number of hydrogen-bond donors (Lipinski definition) is 3. The van der Waals surface area contributed by atoms with Gasteiger partial charge in [-0.1, -0.05) is 37.3 Å². The Labute approximate surface area is 207 Å². The topological polar surface area (TPSA) is 74.6 Å². The van der Waals surface area contributed by atoms with Crippen molar-refractivity contribution in [2.45, 2.75) is 74.8 Å². The molecule has 1 aromatic heterocycles. The van der Waals surface area contributed by atoms with Gasteiger partial charge in [0.15, 0.2) is 0 Å². The second-order valence-electron chi connectivity index (χ2n) is 12.1. The van der Waals surface area contributed by atoms with Crippen molar-refractivity contribution in [2.75, 3.05) is 13.6 Å². The highest BCUT2D eigenvalue weighted by Gasteiger charge is 2.68. The monoisotopic (exact) mass is 472 g/mol. The number of rotatable bonds is 3. The van der Waals surface area contributed by atoms with E-state index >= 15 is 0 Å². The van der Waals surface area contributed by atoms with Crippen LogP contribution in [0.5, 0.6) is 0 Å². The summed E-state index contributed by atoms with van der Waals surface area (Å²) in [6, 6.07) is 9.04. The molecular formula is C30H36N2O3. The number of hydrogen-bond acceptors (Lipinski definition) is 5. The van der Waals surface area contributed by atoms with Crippen LogP contribution in [0.2, 0.25) is 0 Å². The molecule has 184 valence electrons.